The number of aromatic nitrogens is 2. The maximum absolute atomic E-state index is 11.9. The molecule has 0 atom stereocenters. The van der Waals surface area contributed by atoms with Gasteiger partial charge in [0.15, 0.2) is 0 Å². The summed E-state index contributed by atoms with van der Waals surface area (Å²) in [6.07, 6.45) is 0.667. The fourth-order valence-electron chi connectivity index (χ4n) is 2.66. The minimum atomic E-state index is -0.282. The van der Waals surface area contributed by atoms with E-state index in [0.717, 1.165) is 27.9 Å². The van der Waals surface area contributed by atoms with Gasteiger partial charge in [-0.1, -0.05) is 25.1 Å². The molecule has 1 aromatic carbocycles. The Hall–Kier alpha value is -2.36. The van der Waals surface area contributed by atoms with Crippen molar-refractivity contribution in [2.24, 2.45) is 0 Å². The largest absolute Gasteiger partial charge is 0.402 e. The van der Waals surface area contributed by atoms with E-state index < -0.39 is 0 Å². The molecule has 0 amide bonds. The van der Waals surface area contributed by atoms with Gasteiger partial charge in [-0.05, 0) is 38.0 Å². The fourth-order valence-corrected chi connectivity index (χ4v) is 2.66. The number of hydrogen-bond acceptors (Lipinski definition) is 3. The summed E-state index contributed by atoms with van der Waals surface area (Å²) >= 11 is 0. The van der Waals surface area contributed by atoms with Gasteiger partial charge in [0, 0.05) is 5.56 Å². The third kappa shape index (κ3) is 1.76. The Labute approximate surface area is 116 Å². The van der Waals surface area contributed by atoms with Crippen molar-refractivity contribution in [3.63, 3.8) is 0 Å². The van der Waals surface area contributed by atoms with Crippen molar-refractivity contribution in [1.29, 1.82) is 0 Å². The molecule has 0 saturated carbocycles. The average molecular weight is 268 g/mol. The van der Waals surface area contributed by atoms with Crippen LogP contribution in [0.15, 0.2) is 39.5 Å². The molecule has 102 valence electrons. The minimum absolute atomic E-state index is 0.282. The average Bonchev–Trinajstić information content (AvgIpc) is 2.77. The highest BCUT2D eigenvalue weighted by molar-refractivity contribution is 5.81. The number of nitrogens with zero attached hydrogens (tertiary/aromatic N) is 2. The zero-order valence-electron chi connectivity index (χ0n) is 11.8. The predicted molar refractivity (Wildman–Crippen MR) is 78.5 cm³/mol. The van der Waals surface area contributed by atoms with Crippen molar-refractivity contribution in [1.82, 2.24) is 9.78 Å². The number of benzene rings is 1. The summed E-state index contributed by atoms with van der Waals surface area (Å²) in [5.41, 5.74) is 3.77. The first-order valence-electron chi connectivity index (χ1n) is 6.70. The molecule has 3 aromatic rings. The molecule has 20 heavy (non-hydrogen) atoms. The molecule has 0 N–H and O–H groups in total. The third-order valence-corrected chi connectivity index (χ3v) is 3.70. The Balaban J connectivity index is 2.37. The topological polar surface area (TPSA) is 48.0 Å². The van der Waals surface area contributed by atoms with Gasteiger partial charge >= 0.3 is 5.63 Å². The first kappa shape index (κ1) is 12.7. The summed E-state index contributed by atoms with van der Waals surface area (Å²) in [7, 11) is 0. The van der Waals surface area contributed by atoms with Gasteiger partial charge in [-0.2, -0.15) is 0 Å². The highest BCUT2D eigenvalue weighted by Gasteiger charge is 2.17. The maximum Gasteiger partial charge on any atom is 0.341 e. The van der Waals surface area contributed by atoms with E-state index in [0.29, 0.717) is 12.1 Å². The third-order valence-electron chi connectivity index (χ3n) is 3.70. The molecule has 0 fully saturated rings. The van der Waals surface area contributed by atoms with Gasteiger partial charge in [0.2, 0.25) is 5.71 Å². The molecule has 4 nitrogen and oxygen atoms in total. The van der Waals surface area contributed by atoms with Crippen LogP contribution < -0.4 is 5.63 Å². The molecule has 0 aliphatic carbocycles. The zero-order valence-corrected chi connectivity index (χ0v) is 11.8. The van der Waals surface area contributed by atoms with Crippen LogP contribution in [0.2, 0.25) is 0 Å². The number of fused-ring (bicyclic) bond motifs is 1. The molecular formula is C16H16N2O2. The molecule has 0 spiro atoms. The van der Waals surface area contributed by atoms with E-state index in [2.05, 4.69) is 5.10 Å². The van der Waals surface area contributed by atoms with Crippen LogP contribution in [-0.4, -0.2) is 9.78 Å². The van der Waals surface area contributed by atoms with Crippen molar-refractivity contribution in [2.45, 2.75) is 27.2 Å². The summed E-state index contributed by atoms with van der Waals surface area (Å²) in [6.45, 7) is 5.92. The molecule has 0 unspecified atom stereocenters. The van der Waals surface area contributed by atoms with Crippen molar-refractivity contribution in [3.8, 4) is 5.69 Å². The SMILES string of the molecule is CCc1c(C)c2c(C)n(-c3ccccc3)nc2oc1=O. The van der Waals surface area contributed by atoms with Crippen molar-refractivity contribution >= 4 is 11.1 Å². The van der Waals surface area contributed by atoms with Crippen LogP contribution in [-0.2, 0) is 6.42 Å². The monoisotopic (exact) mass is 268 g/mol. The second kappa shape index (κ2) is 4.63. The van der Waals surface area contributed by atoms with Crippen molar-refractivity contribution in [2.75, 3.05) is 0 Å². The molecule has 4 heteroatoms. The molecule has 0 aliphatic heterocycles. The molecule has 0 radical (unpaired) electrons. The normalized spacial score (nSPS) is 11.2. The van der Waals surface area contributed by atoms with Crippen molar-refractivity contribution < 1.29 is 4.42 Å². The van der Waals surface area contributed by atoms with E-state index in [1.807, 2.05) is 55.8 Å². The molecule has 0 bridgehead atoms. The van der Waals surface area contributed by atoms with Crippen LogP contribution >= 0.6 is 0 Å². The van der Waals surface area contributed by atoms with Gasteiger partial charge in [-0.15, -0.1) is 5.10 Å². The smallest absolute Gasteiger partial charge is 0.341 e. The Kier molecular flexibility index (Phi) is 2.93. The minimum Gasteiger partial charge on any atom is -0.402 e. The second-order valence-corrected chi connectivity index (χ2v) is 4.86. The number of hydrogen-bond donors (Lipinski definition) is 0. The predicted octanol–water partition coefficient (Wildman–Crippen LogP) is 3.16. The van der Waals surface area contributed by atoms with Crippen LogP contribution in [0.5, 0.6) is 0 Å². The lowest BCUT2D eigenvalue weighted by molar-refractivity contribution is 0.534. The first-order chi connectivity index (χ1) is 9.63. The maximum atomic E-state index is 11.9. The lowest BCUT2D eigenvalue weighted by Crippen LogP contribution is -2.08. The van der Waals surface area contributed by atoms with Gasteiger partial charge in [-0.3, -0.25) is 0 Å². The van der Waals surface area contributed by atoms with Gasteiger partial charge in [-0.25, -0.2) is 9.48 Å². The van der Waals surface area contributed by atoms with E-state index in [1.165, 1.54) is 0 Å². The molecule has 3 rings (SSSR count). The quantitative estimate of drug-likeness (QED) is 0.717. The molecular weight excluding hydrogens is 252 g/mol. The number of rotatable bonds is 2. The Morgan fingerprint density at radius 2 is 1.90 bits per heavy atom. The van der Waals surface area contributed by atoms with Gasteiger partial charge in [0.25, 0.3) is 0 Å². The zero-order chi connectivity index (χ0) is 14.3. The Morgan fingerprint density at radius 3 is 2.55 bits per heavy atom. The van der Waals surface area contributed by atoms with Crippen LogP contribution in [0.1, 0.15) is 23.7 Å². The highest BCUT2D eigenvalue weighted by Crippen LogP contribution is 2.25. The summed E-state index contributed by atoms with van der Waals surface area (Å²) in [5.74, 6) is 0. The number of para-hydroxylation sites is 1. The summed E-state index contributed by atoms with van der Waals surface area (Å²) in [4.78, 5) is 11.9. The van der Waals surface area contributed by atoms with Crippen LogP contribution in [0.25, 0.3) is 16.8 Å². The van der Waals surface area contributed by atoms with Crippen LogP contribution in [0.3, 0.4) is 0 Å². The fraction of sp³-hybridized carbons (Fsp3) is 0.250. The van der Waals surface area contributed by atoms with Crippen LogP contribution in [0.4, 0.5) is 0 Å². The van der Waals surface area contributed by atoms with E-state index in [9.17, 15) is 4.79 Å². The van der Waals surface area contributed by atoms with Gasteiger partial charge in [0.05, 0.1) is 16.8 Å². The lowest BCUT2D eigenvalue weighted by atomic mass is 10.1. The summed E-state index contributed by atoms with van der Waals surface area (Å²) in [5, 5.41) is 5.37. The summed E-state index contributed by atoms with van der Waals surface area (Å²) in [6, 6.07) is 9.84. The molecule has 2 aromatic heterocycles. The standard InChI is InChI=1S/C16H16N2O2/c1-4-13-10(2)14-11(3)18(12-8-6-5-7-9-12)17-15(14)20-16(13)19/h5-9H,4H2,1-3H3. The Bertz CT molecular complexity index is 829. The molecule has 2 heterocycles. The van der Waals surface area contributed by atoms with E-state index in [1.54, 1.807) is 0 Å². The second-order valence-electron chi connectivity index (χ2n) is 4.86. The van der Waals surface area contributed by atoms with E-state index >= 15 is 0 Å². The van der Waals surface area contributed by atoms with E-state index in [4.69, 9.17) is 4.42 Å². The molecule has 0 aliphatic rings. The van der Waals surface area contributed by atoms with Gasteiger partial charge < -0.3 is 4.42 Å². The highest BCUT2D eigenvalue weighted by atomic mass is 16.4. The lowest BCUT2D eigenvalue weighted by Gasteiger charge is -2.04. The number of aryl methyl sites for hydroxylation is 2. The first-order valence-corrected chi connectivity index (χ1v) is 6.70. The van der Waals surface area contributed by atoms with E-state index in [-0.39, 0.29) is 5.63 Å². The van der Waals surface area contributed by atoms with Gasteiger partial charge in [0.1, 0.15) is 0 Å². The summed E-state index contributed by atoms with van der Waals surface area (Å²) < 4.78 is 7.18. The Morgan fingerprint density at radius 1 is 1.20 bits per heavy atom. The molecule has 0 saturated heterocycles. The van der Waals surface area contributed by atoms with Crippen molar-refractivity contribution in [3.05, 3.63) is 57.6 Å². The van der Waals surface area contributed by atoms with Crippen LogP contribution in [0, 0.1) is 13.8 Å².